The van der Waals surface area contributed by atoms with Crippen LogP contribution in [0.2, 0.25) is 0 Å². The Morgan fingerprint density at radius 2 is 2.00 bits per heavy atom. The van der Waals surface area contributed by atoms with Crippen LogP contribution >= 0.6 is 0 Å². The molecule has 2 aliphatic heterocycles. The minimum absolute atomic E-state index is 0.0674. The summed E-state index contributed by atoms with van der Waals surface area (Å²) in [7, 11) is 0. The van der Waals surface area contributed by atoms with Crippen LogP contribution in [0.4, 0.5) is 0 Å². The van der Waals surface area contributed by atoms with Gasteiger partial charge in [-0.15, -0.1) is 0 Å². The molecule has 1 saturated heterocycles. The van der Waals surface area contributed by atoms with Crippen LogP contribution in [0.25, 0.3) is 0 Å². The Morgan fingerprint density at radius 1 is 1.31 bits per heavy atom. The van der Waals surface area contributed by atoms with E-state index in [0.717, 1.165) is 0 Å². The Balaban J connectivity index is 2.00. The van der Waals surface area contributed by atoms with Crippen molar-refractivity contribution in [3.63, 3.8) is 0 Å². The van der Waals surface area contributed by atoms with Gasteiger partial charge in [0.2, 0.25) is 5.76 Å². The zero-order valence-corrected chi connectivity index (χ0v) is 9.64. The van der Waals surface area contributed by atoms with E-state index in [1.54, 1.807) is 4.90 Å². The quantitative estimate of drug-likeness (QED) is 0.655. The van der Waals surface area contributed by atoms with Gasteiger partial charge in [0.05, 0.1) is 12.2 Å². The van der Waals surface area contributed by atoms with Crippen molar-refractivity contribution in [1.29, 1.82) is 0 Å². The summed E-state index contributed by atoms with van der Waals surface area (Å²) in [5.41, 5.74) is 0. The molecule has 0 aromatic carbocycles. The molecular weight excluding hydrogens is 210 g/mol. The molecule has 2 atom stereocenters. The van der Waals surface area contributed by atoms with Gasteiger partial charge in [0.1, 0.15) is 19.5 Å². The first-order valence-electron chi connectivity index (χ1n) is 5.56. The molecule has 0 spiro atoms. The minimum Gasteiger partial charge on any atom is -0.494 e. The van der Waals surface area contributed by atoms with Crippen molar-refractivity contribution in [3.8, 4) is 0 Å². The molecule has 0 radical (unpaired) electrons. The second kappa shape index (κ2) is 4.74. The topological polar surface area (TPSA) is 48.0 Å². The zero-order chi connectivity index (χ0) is 11.5. The van der Waals surface area contributed by atoms with Gasteiger partial charge in [-0.05, 0) is 13.8 Å². The fraction of sp³-hybridized carbons (Fsp3) is 0.727. The van der Waals surface area contributed by atoms with Gasteiger partial charge in [0, 0.05) is 13.1 Å². The third kappa shape index (κ3) is 2.47. The number of ether oxygens (including phenoxy) is 3. The van der Waals surface area contributed by atoms with E-state index >= 15 is 0 Å². The molecule has 1 amide bonds. The first kappa shape index (κ1) is 11.3. The monoisotopic (exact) mass is 227 g/mol. The van der Waals surface area contributed by atoms with E-state index in [9.17, 15) is 4.79 Å². The molecule has 0 aromatic heterocycles. The van der Waals surface area contributed by atoms with E-state index in [-0.39, 0.29) is 18.1 Å². The summed E-state index contributed by atoms with van der Waals surface area (Å²) in [4.78, 5) is 13.8. The summed E-state index contributed by atoms with van der Waals surface area (Å²) >= 11 is 0. The fourth-order valence-electron chi connectivity index (χ4n) is 1.98. The minimum atomic E-state index is -0.110. The van der Waals surface area contributed by atoms with Crippen LogP contribution in [0.15, 0.2) is 12.0 Å². The van der Waals surface area contributed by atoms with Gasteiger partial charge in [-0.3, -0.25) is 4.79 Å². The van der Waals surface area contributed by atoms with Gasteiger partial charge in [0.15, 0.2) is 0 Å². The standard InChI is InChI=1S/C11H17NO4/c1-8-5-12(6-9(2)16-8)11(13)10-7-14-3-4-15-10/h7-9H,3-6H2,1-2H3/t8-,9-/m1/s1. The number of carbonyl (C=O) groups excluding carboxylic acids is 1. The van der Waals surface area contributed by atoms with Crippen LogP contribution < -0.4 is 0 Å². The Kier molecular flexibility index (Phi) is 3.33. The number of morpholine rings is 1. The molecule has 1 fully saturated rings. The van der Waals surface area contributed by atoms with Crippen LogP contribution in [0.5, 0.6) is 0 Å². The fourth-order valence-corrected chi connectivity index (χ4v) is 1.98. The van der Waals surface area contributed by atoms with Crippen molar-refractivity contribution in [2.24, 2.45) is 0 Å². The number of amides is 1. The highest BCUT2D eigenvalue weighted by Crippen LogP contribution is 2.15. The van der Waals surface area contributed by atoms with Crippen LogP contribution in [-0.2, 0) is 19.0 Å². The molecule has 0 bridgehead atoms. The van der Waals surface area contributed by atoms with Crippen molar-refractivity contribution in [2.45, 2.75) is 26.1 Å². The van der Waals surface area contributed by atoms with Gasteiger partial charge < -0.3 is 19.1 Å². The van der Waals surface area contributed by atoms with Crippen LogP contribution in [0.3, 0.4) is 0 Å². The molecule has 0 aromatic rings. The highest BCUT2D eigenvalue weighted by Gasteiger charge is 2.29. The molecule has 0 unspecified atom stereocenters. The van der Waals surface area contributed by atoms with Gasteiger partial charge in [-0.2, -0.15) is 0 Å². The van der Waals surface area contributed by atoms with Gasteiger partial charge in [0.25, 0.3) is 5.91 Å². The average molecular weight is 227 g/mol. The molecule has 2 heterocycles. The third-order valence-electron chi connectivity index (χ3n) is 2.57. The first-order valence-corrected chi connectivity index (χ1v) is 5.56. The normalized spacial score (nSPS) is 30.1. The van der Waals surface area contributed by atoms with Crippen molar-refractivity contribution < 1.29 is 19.0 Å². The highest BCUT2D eigenvalue weighted by molar-refractivity contribution is 5.91. The second-order valence-electron chi connectivity index (χ2n) is 4.17. The van der Waals surface area contributed by atoms with Crippen molar-refractivity contribution >= 4 is 5.91 Å². The van der Waals surface area contributed by atoms with Gasteiger partial charge in [-0.1, -0.05) is 0 Å². The molecule has 0 N–H and O–H groups in total. The number of hydrogen-bond acceptors (Lipinski definition) is 4. The molecule has 5 nitrogen and oxygen atoms in total. The molecule has 2 aliphatic rings. The average Bonchev–Trinajstić information content (AvgIpc) is 2.28. The number of rotatable bonds is 1. The summed E-state index contributed by atoms with van der Waals surface area (Å²) < 4.78 is 15.9. The lowest BCUT2D eigenvalue weighted by Crippen LogP contribution is -2.49. The molecule has 5 heteroatoms. The van der Waals surface area contributed by atoms with E-state index in [2.05, 4.69) is 0 Å². The molecule has 0 aliphatic carbocycles. The van der Waals surface area contributed by atoms with Gasteiger partial charge in [-0.25, -0.2) is 0 Å². The predicted octanol–water partition coefficient (Wildman–Crippen LogP) is 0.510. The lowest BCUT2D eigenvalue weighted by atomic mass is 10.2. The molecular formula is C11H17NO4. The van der Waals surface area contributed by atoms with E-state index in [4.69, 9.17) is 14.2 Å². The number of hydrogen-bond donors (Lipinski definition) is 0. The second-order valence-corrected chi connectivity index (χ2v) is 4.17. The van der Waals surface area contributed by atoms with Crippen LogP contribution in [0, 0.1) is 0 Å². The summed E-state index contributed by atoms with van der Waals surface area (Å²) in [6, 6.07) is 0. The summed E-state index contributed by atoms with van der Waals surface area (Å²) in [6.07, 6.45) is 1.53. The Morgan fingerprint density at radius 3 is 2.56 bits per heavy atom. The maximum atomic E-state index is 12.0. The first-order chi connectivity index (χ1) is 7.66. The molecule has 16 heavy (non-hydrogen) atoms. The summed E-state index contributed by atoms with van der Waals surface area (Å²) in [5, 5.41) is 0. The Hall–Kier alpha value is -1.23. The Labute approximate surface area is 94.9 Å². The largest absolute Gasteiger partial charge is 0.494 e. The van der Waals surface area contributed by atoms with E-state index in [1.807, 2.05) is 13.8 Å². The number of carbonyl (C=O) groups is 1. The lowest BCUT2D eigenvalue weighted by molar-refractivity contribution is -0.144. The smallest absolute Gasteiger partial charge is 0.292 e. The molecule has 2 rings (SSSR count). The number of nitrogens with zero attached hydrogens (tertiary/aromatic N) is 1. The van der Waals surface area contributed by atoms with Crippen molar-refractivity contribution in [3.05, 3.63) is 12.0 Å². The zero-order valence-electron chi connectivity index (χ0n) is 9.64. The van der Waals surface area contributed by atoms with E-state index in [1.165, 1.54) is 6.26 Å². The predicted molar refractivity (Wildman–Crippen MR) is 56.6 cm³/mol. The maximum absolute atomic E-state index is 12.0. The third-order valence-corrected chi connectivity index (χ3v) is 2.57. The SMILES string of the molecule is C[C@@H]1CN(C(=O)C2=COCCO2)C[C@@H](C)O1. The summed E-state index contributed by atoms with van der Waals surface area (Å²) in [5.74, 6) is 0.189. The Bertz CT molecular complexity index is 292. The molecule has 90 valence electrons. The highest BCUT2D eigenvalue weighted by atomic mass is 16.6. The lowest BCUT2D eigenvalue weighted by Gasteiger charge is -2.35. The maximum Gasteiger partial charge on any atom is 0.292 e. The van der Waals surface area contributed by atoms with Crippen LogP contribution in [-0.4, -0.2) is 49.3 Å². The van der Waals surface area contributed by atoms with Gasteiger partial charge >= 0.3 is 0 Å². The summed E-state index contributed by atoms with van der Waals surface area (Å²) in [6.45, 7) is 6.07. The van der Waals surface area contributed by atoms with E-state index in [0.29, 0.717) is 32.1 Å². The van der Waals surface area contributed by atoms with E-state index < -0.39 is 0 Å². The molecule has 0 saturated carbocycles. The van der Waals surface area contributed by atoms with Crippen LogP contribution in [0.1, 0.15) is 13.8 Å². The van der Waals surface area contributed by atoms with Crippen molar-refractivity contribution in [2.75, 3.05) is 26.3 Å². The van der Waals surface area contributed by atoms with Crippen molar-refractivity contribution in [1.82, 2.24) is 4.90 Å².